The van der Waals surface area contributed by atoms with Crippen molar-refractivity contribution in [2.45, 2.75) is 23.2 Å². The summed E-state index contributed by atoms with van der Waals surface area (Å²) >= 11 is 0. The highest BCUT2D eigenvalue weighted by atomic mass is 32.2. The summed E-state index contributed by atoms with van der Waals surface area (Å²) in [6, 6.07) is 21.7. The minimum Gasteiger partial charge on any atom is -0.497 e. The molecule has 0 spiro atoms. The van der Waals surface area contributed by atoms with Gasteiger partial charge in [0.15, 0.2) is 9.84 Å². The minimum absolute atomic E-state index is 0.153. The topological polar surface area (TPSA) is 66.8 Å². The predicted octanol–water partition coefficient (Wildman–Crippen LogP) is 4.03. The van der Waals surface area contributed by atoms with Crippen LogP contribution in [0.1, 0.15) is 17.2 Å². The highest BCUT2D eigenvalue weighted by Crippen LogP contribution is 2.41. The molecule has 2 atom stereocenters. The maximum absolute atomic E-state index is 13.4. The van der Waals surface area contributed by atoms with Crippen molar-refractivity contribution in [1.29, 1.82) is 0 Å². The molecule has 3 aromatic carbocycles. The zero-order chi connectivity index (χ0) is 20.6. The summed E-state index contributed by atoms with van der Waals surface area (Å²) in [5.41, 5.74) is 3.11. The first-order chi connectivity index (χ1) is 13.9. The molecular formula is C23H23NO4S. The number of methoxy groups -OCH3 is 1. The predicted molar refractivity (Wildman–Crippen MR) is 114 cm³/mol. The van der Waals surface area contributed by atoms with Crippen LogP contribution in [0.15, 0.2) is 77.7 Å². The number of para-hydroxylation sites is 1. The van der Waals surface area contributed by atoms with Crippen molar-refractivity contribution in [2.24, 2.45) is 0 Å². The van der Waals surface area contributed by atoms with E-state index in [0.29, 0.717) is 11.3 Å². The summed E-state index contributed by atoms with van der Waals surface area (Å²) in [7, 11) is -2.11. The summed E-state index contributed by atoms with van der Waals surface area (Å²) in [6.07, 6.45) is -1.13. The SMILES string of the molecule is COc1ccc(N2CC(C(O)c3ccc(C)cc3)S(=O)(=O)c3ccccc32)cc1. The van der Waals surface area contributed by atoms with Gasteiger partial charge in [0.2, 0.25) is 0 Å². The Morgan fingerprint density at radius 1 is 1.00 bits per heavy atom. The highest BCUT2D eigenvalue weighted by molar-refractivity contribution is 7.92. The fourth-order valence-electron chi connectivity index (χ4n) is 3.71. The quantitative estimate of drug-likeness (QED) is 0.705. The van der Waals surface area contributed by atoms with Gasteiger partial charge in [0.05, 0.1) is 23.8 Å². The van der Waals surface area contributed by atoms with Crippen molar-refractivity contribution in [3.63, 3.8) is 0 Å². The Labute approximate surface area is 171 Å². The van der Waals surface area contributed by atoms with Gasteiger partial charge in [0.25, 0.3) is 0 Å². The van der Waals surface area contributed by atoms with E-state index in [-0.39, 0.29) is 11.4 Å². The molecule has 29 heavy (non-hydrogen) atoms. The summed E-state index contributed by atoms with van der Waals surface area (Å²) in [6.45, 7) is 2.11. The smallest absolute Gasteiger partial charge is 0.187 e. The van der Waals surface area contributed by atoms with Crippen LogP contribution in [-0.4, -0.2) is 32.4 Å². The molecule has 0 aliphatic carbocycles. The summed E-state index contributed by atoms with van der Waals surface area (Å²) < 4.78 is 31.9. The van der Waals surface area contributed by atoms with E-state index in [9.17, 15) is 13.5 Å². The first-order valence-electron chi connectivity index (χ1n) is 9.41. The van der Waals surface area contributed by atoms with Crippen LogP contribution in [0, 0.1) is 6.92 Å². The van der Waals surface area contributed by atoms with E-state index < -0.39 is 21.2 Å². The Balaban J connectivity index is 1.80. The fraction of sp³-hybridized carbons (Fsp3) is 0.217. The lowest BCUT2D eigenvalue weighted by Gasteiger charge is -2.37. The first-order valence-corrected chi connectivity index (χ1v) is 11.0. The van der Waals surface area contributed by atoms with Gasteiger partial charge in [0, 0.05) is 12.2 Å². The zero-order valence-corrected chi connectivity index (χ0v) is 17.1. The number of anilines is 2. The molecule has 6 heteroatoms. The number of fused-ring (bicyclic) bond motifs is 1. The van der Waals surface area contributed by atoms with Crippen molar-refractivity contribution in [3.05, 3.63) is 83.9 Å². The second-order valence-electron chi connectivity index (χ2n) is 7.22. The molecule has 2 unspecified atom stereocenters. The zero-order valence-electron chi connectivity index (χ0n) is 16.3. The molecule has 1 heterocycles. The number of hydrogen-bond donors (Lipinski definition) is 1. The Morgan fingerprint density at radius 2 is 1.66 bits per heavy atom. The van der Waals surface area contributed by atoms with Crippen molar-refractivity contribution in [3.8, 4) is 5.75 Å². The number of aliphatic hydroxyl groups excluding tert-OH is 1. The number of hydrogen-bond acceptors (Lipinski definition) is 5. The van der Waals surface area contributed by atoms with Gasteiger partial charge in [-0.2, -0.15) is 0 Å². The molecule has 5 nitrogen and oxygen atoms in total. The van der Waals surface area contributed by atoms with Crippen molar-refractivity contribution in [2.75, 3.05) is 18.6 Å². The van der Waals surface area contributed by atoms with Crippen LogP contribution < -0.4 is 9.64 Å². The normalized spacial score (nSPS) is 18.7. The monoisotopic (exact) mass is 409 g/mol. The lowest BCUT2D eigenvalue weighted by molar-refractivity contribution is 0.172. The Kier molecular flexibility index (Phi) is 5.06. The van der Waals surface area contributed by atoms with E-state index in [1.54, 1.807) is 37.4 Å². The lowest BCUT2D eigenvalue weighted by Crippen LogP contribution is -2.43. The Morgan fingerprint density at radius 3 is 2.31 bits per heavy atom. The third-order valence-electron chi connectivity index (χ3n) is 5.38. The van der Waals surface area contributed by atoms with E-state index in [1.807, 2.05) is 54.3 Å². The van der Waals surface area contributed by atoms with Crippen LogP contribution in [0.5, 0.6) is 5.75 Å². The minimum atomic E-state index is -3.71. The van der Waals surface area contributed by atoms with E-state index in [0.717, 1.165) is 17.0 Å². The summed E-state index contributed by atoms with van der Waals surface area (Å²) in [5.74, 6) is 0.725. The molecule has 1 N–H and O–H groups in total. The number of aryl methyl sites for hydroxylation is 1. The number of rotatable bonds is 4. The first kappa shape index (κ1) is 19.5. The third kappa shape index (κ3) is 3.50. The second kappa shape index (κ2) is 7.54. The Bertz CT molecular complexity index is 1110. The largest absolute Gasteiger partial charge is 0.497 e. The average molecular weight is 410 g/mol. The van der Waals surface area contributed by atoms with E-state index in [2.05, 4.69) is 0 Å². The maximum atomic E-state index is 13.4. The molecule has 3 aromatic rings. The standard InChI is InChI=1S/C23H23NO4S/c1-16-7-9-17(10-8-16)23(25)22-15-24(18-11-13-19(28-2)14-12-18)20-5-3-4-6-21(20)29(22,26)27/h3-14,22-23,25H,15H2,1-2H3. The molecular weight excluding hydrogens is 386 g/mol. The van der Waals surface area contributed by atoms with Crippen LogP contribution in [0.3, 0.4) is 0 Å². The number of ether oxygens (including phenoxy) is 1. The van der Waals surface area contributed by atoms with Gasteiger partial charge >= 0.3 is 0 Å². The Hall–Kier alpha value is -2.83. The summed E-state index contributed by atoms with van der Waals surface area (Å²) in [5, 5.41) is 10.0. The molecule has 0 saturated heterocycles. The molecule has 0 aromatic heterocycles. The van der Waals surface area contributed by atoms with Crippen LogP contribution in [-0.2, 0) is 9.84 Å². The maximum Gasteiger partial charge on any atom is 0.187 e. The molecule has 1 aliphatic heterocycles. The van der Waals surface area contributed by atoms with Crippen LogP contribution in [0.4, 0.5) is 11.4 Å². The van der Waals surface area contributed by atoms with Gasteiger partial charge in [-0.15, -0.1) is 0 Å². The van der Waals surface area contributed by atoms with Crippen LogP contribution in [0.2, 0.25) is 0 Å². The van der Waals surface area contributed by atoms with Gasteiger partial charge in [-0.3, -0.25) is 0 Å². The lowest BCUT2D eigenvalue weighted by atomic mass is 10.0. The summed E-state index contributed by atoms with van der Waals surface area (Å²) in [4.78, 5) is 2.18. The van der Waals surface area contributed by atoms with E-state index in [1.165, 1.54) is 0 Å². The van der Waals surface area contributed by atoms with Crippen LogP contribution in [0.25, 0.3) is 0 Å². The van der Waals surface area contributed by atoms with Gasteiger partial charge in [0.1, 0.15) is 11.0 Å². The van der Waals surface area contributed by atoms with E-state index >= 15 is 0 Å². The van der Waals surface area contributed by atoms with Gasteiger partial charge in [-0.25, -0.2) is 8.42 Å². The van der Waals surface area contributed by atoms with Gasteiger partial charge in [-0.1, -0.05) is 42.0 Å². The molecule has 0 bridgehead atoms. The number of sulfone groups is 1. The second-order valence-corrected chi connectivity index (χ2v) is 9.35. The van der Waals surface area contributed by atoms with Gasteiger partial charge < -0.3 is 14.7 Å². The van der Waals surface area contributed by atoms with E-state index in [4.69, 9.17) is 4.74 Å². The van der Waals surface area contributed by atoms with Crippen molar-refractivity contribution in [1.82, 2.24) is 0 Å². The fourth-order valence-corrected chi connectivity index (χ4v) is 5.62. The number of nitrogens with zero attached hydrogens (tertiary/aromatic N) is 1. The molecule has 150 valence electrons. The van der Waals surface area contributed by atoms with Crippen molar-refractivity contribution < 1.29 is 18.3 Å². The number of benzene rings is 3. The molecule has 0 fully saturated rings. The van der Waals surface area contributed by atoms with Crippen LogP contribution >= 0.6 is 0 Å². The third-order valence-corrected chi connectivity index (χ3v) is 7.54. The average Bonchev–Trinajstić information content (AvgIpc) is 2.74. The molecule has 4 rings (SSSR count). The highest BCUT2D eigenvalue weighted by Gasteiger charge is 2.42. The molecule has 1 aliphatic rings. The molecule has 0 amide bonds. The number of aliphatic hydroxyl groups is 1. The molecule has 0 radical (unpaired) electrons. The van der Waals surface area contributed by atoms with Crippen molar-refractivity contribution >= 4 is 21.2 Å². The van der Waals surface area contributed by atoms with Gasteiger partial charge in [-0.05, 0) is 48.9 Å². The molecule has 0 saturated carbocycles.